The number of ether oxygens (including phenoxy) is 1. The third kappa shape index (κ3) is 3.63. The fourth-order valence-electron chi connectivity index (χ4n) is 5.16. The van der Waals surface area contributed by atoms with Gasteiger partial charge in [0.25, 0.3) is 5.91 Å². The lowest BCUT2D eigenvalue weighted by atomic mass is 9.85. The molecule has 1 heterocycles. The Kier molecular flexibility index (Phi) is 5.12. The van der Waals surface area contributed by atoms with Gasteiger partial charge in [-0.25, -0.2) is 9.69 Å². The maximum atomic E-state index is 13.0. The number of nitrogens with one attached hydrogen (secondary N) is 1. The molecule has 7 nitrogen and oxygen atoms in total. The van der Waals surface area contributed by atoms with Crippen LogP contribution in [0.25, 0.3) is 0 Å². The number of imide groups is 1. The quantitative estimate of drug-likeness (QED) is 0.433. The van der Waals surface area contributed by atoms with Crippen LogP contribution in [0, 0.1) is 37.5 Å². The van der Waals surface area contributed by atoms with Gasteiger partial charge < -0.3 is 10.1 Å². The van der Waals surface area contributed by atoms with Gasteiger partial charge in [-0.1, -0.05) is 24.3 Å². The first-order valence-corrected chi connectivity index (χ1v) is 11.0. The molecule has 1 saturated heterocycles. The van der Waals surface area contributed by atoms with Crippen LogP contribution in [0.1, 0.15) is 27.9 Å². The van der Waals surface area contributed by atoms with Crippen LogP contribution < -0.4 is 10.2 Å². The maximum absolute atomic E-state index is 13.0. The van der Waals surface area contributed by atoms with Gasteiger partial charge in [-0.05, 0) is 73.6 Å². The predicted octanol–water partition coefficient (Wildman–Crippen LogP) is 3.41. The molecule has 2 fully saturated rings. The summed E-state index contributed by atoms with van der Waals surface area (Å²) in [6, 6.07) is 11.8. The van der Waals surface area contributed by atoms with E-state index in [0.717, 1.165) is 17.5 Å². The summed E-state index contributed by atoms with van der Waals surface area (Å²) >= 11 is 0. The second-order valence-corrected chi connectivity index (χ2v) is 8.99. The van der Waals surface area contributed by atoms with Crippen molar-refractivity contribution >= 4 is 35.1 Å². The molecule has 0 aromatic heterocycles. The largest absolute Gasteiger partial charge is 0.452 e. The van der Waals surface area contributed by atoms with Gasteiger partial charge in [0.05, 0.1) is 23.1 Å². The van der Waals surface area contributed by atoms with E-state index in [2.05, 4.69) is 5.32 Å². The molecule has 4 atom stereocenters. The topological polar surface area (TPSA) is 92.8 Å². The third-order valence-corrected chi connectivity index (χ3v) is 6.94. The molecule has 7 heteroatoms. The minimum atomic E-state index is -0.701. The van der Waals surface area contributed by atoms with E-state index in [4.69, 9.17) is 4.74 Å². The Hall–Kier alpha value is -3.74. The number of allylic oxidation sites excluding steroid dienone is 2. The molecule has 3 amide bonds. The van der Waals surface area contributed by atoms with Crippen molar-refractivity contribution in [2.24, 2.45) is 23.7 Å². The predicted molar refractivity (Wildman–Crippen MR) is 121 cm³/mol. The van der Waals surface area contributed by atoms with Crippen molar-refractivity contribution in [2.75, 3.05) is 16.8 Å². The van der Waals surface area contributed by atoms with Gasteiger partial charge in [-0.3, -0.25) is 14.4 Å². The Morgan fingerprint density at radius 1 is 0.970 bits per heavy atom. The molecule has 2 aromatic carbocycles. The fourth-order valence-corrected chi connectivity index (χ4v) is 5.16. The zero-order valence-electron chi connectivity index (χ0n) is 18.4. The second-order valence-electron chi connectivity index (χ2n) is 8.99. The van der Waals surface area contributed by atoms with Crippen molar-refractivity contribution in [3.05, 3.63) is 71.3 Å². The van der Waals surface area contributed by atoms with Crippen LogP contribution in [0.15, 0.2) is 54.6 Å². The first-order valence-electron chi connectivity index (χ1n) is 11.0. The van der Waals surface area contributed by atoms with E-state index in [1.165, 1.54) is 17.0 Å². The van der Waals surface area contributed by atoms with Gasteiger partial charge in [0, 0.05) is 5.69 Å². The number of amides is 3. The van der Waals surface area contributed by atoms with Gasteiger partial charge in [0.1, 0.15) is 0 Å². The minimum Gasteiger partial charge on any atom is -0.452 e. The number of carbonyl (C=O) groups is 4. The van der Waals surface area contributed by atoms with E-state index in [0.29, 0.717) is 11.4 Å². The highest BCUT2D eigenvalue weighted by atomic mass is 16.5. The SMILES string of the molecule is Cc1ccc(NC(=O)COC(=O)c2cccc(N3C(=O)[C@@H]4[C@@H](C3=O)[C@H]3C=C[C@H]4C3)c2)cc1C. The zero-order chi connectivity index (χ0) is 23.3. The number of aryl methyl sites for hydroxylation is 2. The lowest BCUT2D eigenvalue weighted by Crippen LogP contribution is -2.33. The number of esters is 1. The molecule has 33 heavy (non-hydrogen) atoms. The van der Waals surface area contributed by atoms with E-state index in [-0.39, 0.29) is 41.0 Å². The van der Waals surface area contributed by atoms with Crippen molar-refractivity contribution in [3.8, 4) is 0 Å². The average molecular weight is 444 g/mol. The number of carbonyl (C=O) groups excluding carboxylic acids is 4. The Labute approximate surface area is 191 Å². The lowest BCUT2D eigenvalue weighted by Gasteiger charge is -2.18. The highest BCUT2D eigenvalue weighted by Gasteiger charge is 2.59. The normalized spacial score (nSPS) is 24.8. The van der Waals surface area contributed by atoms with Crippen molar-refractivity contribution in [1.29, 1.82) is 0 Å². The van der Waals surface area contributed by atoms with Crippen LogP contribution >= 0.6 is 0 Å². The van der Waals surface area contributed by atoms with Gasteiger partial charge in [-0.2, -0.15) is 0 Å². The molecule has 5 rings (SSSR count). The summed E-state index contributed by atoms with van der Waals surface area (Å²) in [5, 5.41) is 2.70. The number of hydrogen-bond acceptors (Lipinski definition) is 5. The highest BCUT2D eigenvalue weighted by molar-refractivity contribution is 6.23. The zero-order valence-corrected chi connectivity index (χ0v) is 18.4. The number of benzene rings is 2. The van der Waals surface area contributed by atoms with Gasteiger partial charge >= 0.3 is 5.97 Å². The minimum absolute atomic E-state index is 0.116. The molecule has 3 aliphatic rings. The van der Waals surface area contributed by atoms with Gasteiger partial charge in [-0.15, -0.1) is 0 Å². The molecule has 2 aromatic rings. The molecular formula is C26H24N2O5. The summed E-state index contributed by atoms with van der Waals surface area (Å²) in [7, 11) is 0. The van der Waals surface area contributed by atoms with Crippen LogP contribution in [0.2, 0.25) is 0 Å². The summed E-state index contributed by atoms with van der Waals surface area (Å²) in [6.45, 7) is 3.48. The summed E-state index contributed by atoms with van der Waals surface area (Å²) in [6.07, 6.45) is 4.94. The van der Waals surface area contributed by atoms with E-state index in [1.54, 1.807) is 18.2 Å². The highest BCUT2D eigenvalue weighted by Crippen LogP contribution is 2.53. The number of rotatable bonds is 5. The second kappa shape index (κ2) is 7.99. The van der Waals surface area contributed by atoms with E-state index >= 15 is 0 Å². The van der Waals surface area contributed by atoms with Gasteiger partial charge in [0.15, 0.2) is 6.61 Å². The summed E-state index contributed by atoms with van der Waals surface area (Å²) < 4.78 is 5.16. The monoisotopic (exact) mass is 444 g/mol. The molecule has 2 bridgehead atoms. The fraction of sp³-hybridized carbons (Fsp3) is 0.308. The van der Waals surface area contributed by atoms with Crippen LogP contribution in [0.5, 0.6) is 0 Å². The standard InChI is InChI=1S/C26H24N2O5/c1-14-6-9-19(10-15(14)2)27-21(29)13-33-26(32)18-4-3-5-20(12-18)28-24(30)22-16-7-8-17(11-16)23(22)25(28)31/h3-10,12,16-17,22-23H,11,13H2,1-2H3,(H,27,29)/t16-,17-,22-,23-/m0/s1. The maximum Gasteiger partial charge on any atom is 0.338 e. The molecular weight excluding hydrogens is 420 g/mol. The Balaban J connectivity index is 1.24. The molecule has 1 aliphatic heterocycles. The average Bonchev–Trinajstić information content (AvgIpc) is 3.48. The van der Waals surface area contributed by atoms with Crippen molar-refractivity contribution < 1.29 is 23.9 Å². The molecule has 0 spiro atoms. The van der Waals surface area contributed by atoms with Crippen molar-refractivity contribution in [1.82, 2.24) is 0 Å². The number of hydrogen-bond donors (Lipinski definition) is 1. The van der Waals surface area contributed by atoms with Gasteiger partial charge in [0.2, 0.25) is 11.8 Å². The van der Waals surface area contributed by atoms with Crippen molar-refractivity contribution in [3.63, 3.8) is 0 Å². The van der Waals surface area contributed by atoms with Crippen LogP contribution in [0.4, 0.5) is 11.4 Å². The molecule has 2 aliphatic carbocycles. The molecule has 1 saturated carbocycles. The number of nitrogens with zero attached hydrogens (tertiary/aromatic N) is 1. The number of anilines is 2. The Bertz CT molecular complexity index is 1190. The molecule has 1 N–H and O–H groups in total. The lowest BCUT2D eigenvalue weighted by molar-refractivity contribution is -0.123. The smallest absolute Gasteiger partial charge is 0.338 e. The van der Waals surface area contributed by atoms with Crippen LogP contribution in [0.3, 0.4) is 0 Å². The summed E-state index contributed by atoms with van der Waals surface area (Å²) in [5.41, 5.74) is 3.31. The Morgan fingerprint density at radius 3 is 2.33 bits per heavy atom. The molecule has 0 radical (unpaired) electrons. The van der Waals surface area contributed by atoms with E-state index in [1.807, 2.05) is 38.1 Å². The Morgan fingerprint density at radius 2 is 1.67 bits per heavy atom. The number of fused-ring (bicyclic) bond motifs is 5. The van der Waals surface area contributed by atoms with Crippen molar-refractivity contribution in [2.45, 2.75) is 20.3 Å². The van der Waals surface area contributed by atoms with Crippen LogP contribution in [-0.2, 0) is 19.1 Å². The molecule has 0 unspecified atom stereocenters. The first kappa shape index (κ1) is 21.1. The third-order valence-electron chi connectivity index (χ3n) is 6.94. The summed E-state index contributed by atoms with van der Waals surface area (Å²) in [4.78, 5) is 51.9. The van der Waals surface area contributed by atoms with E-state index < -0.39 is 18.5 Å². The molecule has 168 valence electrons. The van der Waals surface area contributed by atoms with Crippen LogP contribution in [-0.4, -0.2) is 30.3 Å². The summed E-state index contributed by atoms with van der Waals surface area (Å²) in [5.74, 6) is -1.96. The first-order chi connectivity index (χ1) is 15.8. The van der Waals surface area contributed by atoms with E-state index in [9.17, 15) is 19.2 Å².